The third-order valence-corrected chi connectivity index (χ3v) is 4.00. The molecule has 1 unspecified atom stereocenters. The molecular formula is C18H19ClF2N2O. The molecule has 1 atom stereocenters. The van der Waals surface area contributed by atoms with E-state index in [1.165, 1.54) is 24.3 Å². The van der Waals surface area contributed by atoms with Gasteiger partial charge in [-0.25, -0.2) is 8.78 Å². The first kappa shape index (κ1) is 18.4. The highest BCUT2D eigenvalue weighted by Gasteiger charge is 2.14. The molecule has 0 bridgehead atoms. The number of likely N-dealkylation sites (N-methyl/N-ethyl adjacent to an activating group) is 1. The fraction of sp³-hybridized carbons (Fsp3) is 0.278. The van der Waals surface area contributed by atoms with Crippen LogP contribution in [-0.4, -0.2) is 24.4 Å². The van der Waals surface area contributed by atoms with E-state index < -0.39 is 5.82 Å². The molecule has 0 saturated heterocycles. The van der Waals surface area contributed by atoms with Crippen molar-refractivity contribution in [2.24, 2.45) is 0 Å². The molecule has 0 fully saturated rings. The molecule has 0 aliphatic carbocycles. The van der Waals surface area contributed by atoms with Crippen LogP contribution < -0.4 is 5.32 Å². The van der Waals surface area contributed by atoms with Crippen LogP contribution in [0.15, 0.2) is 42.5 Å². The maximum absolute atomic E-state index is 13.8. The second-order valence-electron chi connectivity index (χ2n) is 5.71. The van der Waals surface area contributed by atoms with Gasteiger partial charge in [-0.3, -0.25) is 9.69 Å². The zero-order chi connectivity index (χ0) is 17.7. The van der Waals surface area contributed by atoms with Crippen LogP contribution in [0.1, 0.15) is 24.1 Å². The van der Waals surface area contributed by atoms with Crippen molar-refractivity contribution < 1.29 is 13.6 Å². The maximum Gasteiger partial charge on any atom is 0.234 e. The van der Waals surface area contributed by atoms with E-state index in [-0.39, 0.29) is 30.9 Å². The Bertz CT molecular complexity index is 686. The normalized spacial score (nSPS) is 12.2. The summed E-state index contributed by atoms with van der Waals surface area (Å²) in [5.41, 5.74) is 1.17. The first-order valence-electron chi connectivity index (χ1n) is 7.53. The lowest BCUT2D eigenvalue weighted by atomic mass is 10.1. The van der Waals surface area contributed by atoms with E-state index in [2.05, 4.69) is 5.32 Å². The van der Waals surface area contributed by atoms with Gasteiger partial charge in [0.2, 0.25) is 5.91 Å². The summed E-state index contributed by atoms with van der Waals surface area (Å²) in [5.74, 6) is -0.921. The van der Waals surface area contributed by atoms with Gasteiger partial charge in [0.1, 0.15) is 11.6 Å². The largest absolute Gasteiger partial charge is 0.348 e. The molecule has 3 nitrogen and oxygen atoms in total. The summed E-state index contributed by atoms with van der Waals surface area (Å²) >= 11 is 5.99. The molecule has 2 aromatic carbocycles. The molecule has 0 aromatic heterocycles. The molecule has 0 saturated carbocycles. The number of carbonyl (C=O) groups is 1. The van der Waals surface area contributed by atoms with Crippen molar-refractivity contribution in [2.45, 2.75) is 19.5 Å². The van der Waals surface area contributed by atoms with Crippen molar-refractivity contribution in [3.8, 4) is 0 Å². The maximum atomic E-state index is 13.8. The van der Waals surface area contributed by atoms with Gasteiger partial charge in [-0.1, -0.05) is 29.8 Å². The lowest BCUT2D eigenvalue weighted by Gasteiger charge is -2.20. The van der Waals surface area contributed by atoms with Crippen LogP contribution in [0.3, 0.4) is 0 Å². The zero-order valence-electron chi connectivity index (χ0n) is 13.5. The van der Waals surface area contributed by atoms with Crippen molar-refractivity contribution in [3.63, 3.8) is 0 Å². The quantitative estimate of drug-likeness (QED) is 0.854. The molecule has 24 heavy (non-hydrogen) atoms. The third-order valence-electron chi connectivity index (χ3n) is 3.65. The van der Waals surface area contributed by atoms with Gasteiger partial charge in [0, 0.05) is 17.1 Å². The van der Waals surface area contributed by atoms with Crippen LogP contribution in [0, 0.1) is 11.6 Å². The summed E-state index contributed by atoms with van der Waals surface area (Å²) in [6, 6.07) is 10.2. The Morgan fingerprint density at radius 2 is 1.88 bits per heavy atom. The standard InChI is InChI=1S/C18H19ClF2N2O/c1-12(13-6-8-14(20)9-7-13)22-18(24)11-23(2)10-15-16(19)4-3-5-17(15)21/h3-9,12H,10-11H2,1-2H3,(H,22,24). The highest BCUT2D eigenvalue weighted by molar-refractivity contribution is 6.31. The predicted octanol–water partition coefficient (Wildman–Crippen LogP) is 3.93. The smallest absolute Gasteiger partial charge is 0.234 e. The van der Waals surface area contributed by atoms with Gasteiger partial charge in [-0.05, 0) is 43.8 Å². The minimum Gasteiger partial charge on any atom is -0.348 e. The van der Waals surface area contributed by atoms with Crippen LogP contribution >= 0.6 is 11.6 Å². The minimum atomic E-state index is -0.394. The summed E-state index contributed by atoms with van der Waals surface area (Å²) in [5, 5.41) is 3.17. The zero-order valence-corrected chi connectivity index (χ0v) is 14.3. The van der Waals surface area contributed by atoms with Crippen LogP contribution in [0.4, 0.5) is 8.78 Å². The lowest BCUT2D eigenvalue weighted by molar-refractivity contribution is -0.122. The molecule has 2 rings (SSSR count). The fourth-order valence-electron chi connectivity index (χ4n) is 2.38. The predicted molar refractivity (Wildman–Crippen MR) is 90.7 cm³/mol. The van der Waals surface area contributed by atoms with Gasteiger partial charge in [0.25, 0.3) is 0 Å². The number of hydrogen-bond acceptors (Lipinski definition) is 2. The average molecular weight is 353 g/mol. The number of benzene rings is 2. The fourth-order valence-corrected chi connectivity index (χ4v) is 2.60. The Balaban J connectivity index is 1.90. The van der Waals surface area contributed by atoms with E-state index in [9.17, 15) is 13.6 Å². The molecule has 1 amide bonds. The van der Waals surface area contributed by atoms with Gasteiger partial charge in [0.15, 0.2) is 0 Å². The third kappa shape index (κ3) is 5.01. The summed E-state index contributed by atoms with van der Waals surface area (Å²) in [7, 11) is 1.71. The van der Waals surface area contributed by atoms with Crippen molar-refractivity contribution in [3.05, 3.63) is 70.2 Å². The lowest BCUT2D eigenvalue weighted by Crippen LogP contribution is -2.36. The minimum absolute atomic E-state index is 0.0935. The number of nitrogens with one attached hydrogen (secondary N) is 1. The molecule has 6 heteroatoms. The van der Waals surface area contributed by atoms with Gasteiger partial charge >= 0.3 is 0 Å². The Kier molecular flexibility index (Phi) is 6.29. The van der Waals surface area contributed by atoms with Crippen molar-refractivity contribution in [2.75, 3.05) is 13.6 Å². The van der Waals surface area contributed by atoms with Gasteiger partial charge in [-0.15, -0.1) is 0 Å². The molecular weight excluding hydrogens is 334 g/mol. The van der Waals surface area contributed by atoms with Crippen LogP contribution in [0.25, 0.3) is 0 Å². The molecule has 2 aromatic rings. The number of amides is 1. The summed E-state index contributed by atoms with van der Waals surface area (Å²) in [6.45, 7) is 2.14. The summed E-state index contributed by atoms with van der Waals surface area (Å²) in [6.07, 6.45) is 0. The summed E-state index contributed by atoms with van der Waals surface area (Å²) in [4.78, 5) is 13.8. The highest BCUT2D eigenvalue weighted by Crippen LogP contribution is 2.20. The van der Waals surface area contributed by atoms with Crippen LogP contribution in [0.2, 0.25) is 5.02 Å². The number of halogens is 3. The molecule has 0 spiro atoms. The second kappa shape index (κ2) is 8.22. The van der Waals surface area contributed by atoms with E-state index in [1.54, 1.807) is 30.1 Å². The summed E-state index contributed by atoms with van der Waals surface area (Å²) < 4.78 is 26.7. The van der Waals surface area contributed by atoms with Crippen molar-refractivity contribution in [1.29, 1.82) is 0 Å². The molecule has 0 heterocycles. The van der Waals surface area contributed by atoms with E-state index in [4.69, 9.17) is 11.6 Å². The van der Waals surface area contributed by atoms with Gasteiger partial charge in [0.05, 0.1) is 12.6 Å². The monoisotopic (exact) mass is 352 g/mol. The Hall–Kier alpha value is -1.98. The van der Waals surface area contributed by atoms with E-state index in [0.29, 0.717) is 10.6 Å². The van der Waals surface area contributed by atoms with Gasteiger partial charge < -0.3 is 5.32 Å². The number of rotatable bonds is 6. The Morgan fingerprint density at radius 3 is 2.50 bits per heavy atom. The van der Waals surface area contributed by atoms with Gasteiger partial charge in [-0.2, -0.15) is 0 Å². The second-order valence-corrected chi connectivity index (χ2v) is 6.12. The van der Waals surface area contributed by atoms with Crippen LogP contribution in [0.5, 0.6) is 0 Å². The first-order valence-corrected chi connectivity index (χ1v) is 7.91. The van der Waals surface area contributed by atoms with Crippen molar-refractivity contribution >= 4 is 17.5 Å². The number of hydrogen-bond donors (Lipinski definition) is 1. The topological polar surface area (TPSA) is 32.3 Å². The average Bonchev–Trinajstić information content (AvgIpc) is 2.51. The van der Waals surface area contributed by atoms with E-state index in [0.717, 1.165) is 5.56 Å². The molecule has 0 aliphatic rings. The van der Waals surface area contributed by atoms with Crippen molar-refractivity contribution in [1.82, 2.24) is 10.2 Å². The first-order chi connectivity index (χ1) is 11.4. The molecule has 128 valence electrons. The molecule has 0 aliphatic heterocycles. The van der Waals surface area contributed by atoms with E-state index in [1.807, 2.05) is 6.92 Å². The Labute approximate surface area is 145 Å². The highest BCUT2D eigenvalue weighted by atomic mass is 35.5. The molecule has 1 N–H and O–H groups in total. The Morgan fingerprint density at radius 1 is 1.21 bits per heavy atom. The SMILES string of the molecule is CC(NC(=O)CN(C)Cc1c(F)cccc1Cl)c1ccc(F)cc1. The van der Waals surface area contributed by atoms with Crippen LogP contribution in [-0.2, 0) is 11.3 Å². The number of nitrogens with zero attached hydrogens (tertiary/aromatic N) is 1. The number of carbonyl (C=O) groups excluding carboxylic acids is 1. The molecule has 0 radical (unpaired) electrons. The van der Waals surface area contributed by atoms with E-state index >= 15 is 0 Å².